The molecule has 2 heteroatoms. The minimum Gasteiger partial charge on any atom is -0.373 e. The van der Waals surface area contributed by atoms with E-state index in [9.17, 15) is 4.79 Å². The number of benzene rings is 1. The van der Waals surface area contributed by atoms with Crippen LogP contribution < -0.4 is 0 Å². The number of aryl methyl sites for hydroxylation is 2. The lowest BCUT2D eigenvalue weighted by Gasteiger charge is -2.07. The highest BCUT2D eigenvalue weighted by Gasteiger charge is 2.13. The maximum absolute atomic E-state index is 12.0. The molecule has 0 aliphatic heterocycles. The van der Waals surface area contributed by atoms with Crippen molar-refractivity contribution in [2.45, 2.75) is 39.5 Å². The minimum atomic E-state index is 0.105. The quantitative estimate of drug-likeness (QED) is 0.568. The molecule has 0 atom stereocenters. The summed E-state index contributed by atoms with van der Waals surface area (Å²) in [7, 11) is 0. The molecule has 0 N–H and O–H groups in total. The third-order valence-corrected chi connectivity index (χ3v) is 3.49. The van der Waals surface area contributed by atoms with Crippen molar-refractivity contribution in [3.8, 4) is 0 Å². The van der Waals surface area contributed by atoms with Crippen molar-refractivity contribution in [1.82, 2.24) is 0 Å². The molecule has 18 heavy (non-hydrogen) atoms. The standard InChI is InChI=1S/C16H22O2/c1-12(2)8-9-18-11-16(17)15-7-6-13-4-3-5-14(13)10-15/h6-7,10,12H,3-5,8-9,11H2,1-2H3. The zero-order chi connectivity index (χ0) is 13.0. The second-order valence-electron chi connectivity index (χ2n) is 5.50. The molecule has 0 spiro atoms. The second-order valence-corrected chi connectivity index (χ2v) is 5.50. The van der Waals surface area contributed by atoms with Gasteiger partial charge in [0.25, 0.3) is 0 Å². The Hall–Kier alpha value is -1.15. The van der Waals surface area contributed by atoms with Crippen molar-refractivity contribution in [3.63, 3.8) is 0 Å². The molecule has 0 saturated heterocycles. The number of Topliss-reactive ketones (excluding diaryl/α,β-unsaturated/α-hetero) is 1. The van der Waals surface area contributed by atoms with E-state index in [4.69, 9.17) is 4.74 Å². The Balaban J connectivity index is 1.85. The molecule has 0 fully saturated rings. The van der Waals surface area contributed by atoms with E-state index in [0.717, 1.165) is 24.8 Å². The van der Waals surface area contributed by atoms with Crippen LogP contribution in [-0.2, 0) is 17.6 Å². The van der Waals surface area contributed by atoms with Crippen molar-refractivity contribution in [2.24, 2.45) is 5.92 Å². The molecule has 0 bridgehead atoms. The lowest BCUT2D eigenvalue weighted by atomic mass is 10.0. The fourth-order valence-corrected chi connectivity index (χ4v) is 2.31. The van der Waals surface area contributed by atoms with Crippen LogP contribution in [0.5, 0.6) is 0 Å². The maximum Gasteiger partial charge on any atom is 0.188 e. The maximum atomic E-state index is 12.0. The summed E-state index contributed by atoms with van der Waals surface area (Å²) in [6, 6.07) is 6.10. The largest absolute Gasteiger partial charge is 0.373 e. The van der Waals surface area contributed by atoms with E-state index < -0.39 is 0 Å². The highest BCUT2D eigenvalue weighted by molar-refractivity contribution is 5.97. The zero-order valence-corrected chi connectivity index (χ0v) is 11.4. The van der Waals surface area contributed by atoms with Crippen LogP contribution in [0.1, 0.15) is 48.2 Å². The number of ketones is 1. The normalized spacial score (nSPS) is 13.9. The number of hydrogen-bond donors (Lipinski definition) is 0. The summed E-state index contributed by atoms with van der Waals surface area (Å²) in [5.74, 6) is 0.730. The molecule has 0 aromatic heterocycles. The smallest absolute Gasteiger partial charge is 0.188 e. The summed E-state index contributed by atoms with van der Waals surface area (Å²) < 4.78 is 5.43. The number of rotatable bonds is 6. The lowest BCUT2D eigenvalue weighted by Crippen LogP contribution is -2.11. The lowest BCUT2D eigenvalue weighted by molar-refractivity contribution is 0.0739. The number of ether oxygens (including phenoxy) is 1. The van der Waals surface area contributed by atoms with Crippen molar-refractivity contribution >= 4 is 5.78 Å². The summed E-state index contributed by atoms with van der Waals surface area (Å²) in [4.78, 5) is 12.0. The van der Waals surface area contributed by atoms with Gasteiger partial charge in [-0.25, -0.2) is 0 Å². The Morgan fingerprint density at radius 1 is 1.28 bits per heavy atom. The zero-order valence-electron chi connectivity index (χ0n) is 11.4. The van der Waals surface area contributed by atoms with Gasteiger partial charge in [-0.2, -0.15) is 0 Å². The molecule has 0 amide bonds. The molecule has 0 heterocycles. The Labute approximate surface area is 109 Å². The van der Waals surface area contributed by atoms with Gasteiger partial charge in [-0.1, -0.05) is 26.0 Å². The van der Waals surface area contributed by atoms with E-state index in [2.05, 4.69) is 26.0 Å². The van der Waals surface area contributed by atoms with Crippen LogP contribution >= 0.6 is 0 Å². The van der Waals surface area contributed by atoms with Gasteiger partial charge in [-0.05, 0) is 48.8 Å². The van der Waals surface area contributed by atoms with Gasteiger partial charge in [0.2, 0.25) is 0 Å². The molecule has 1 aliphatic carbocycles. The Bertz CT molecular complexity index is 421. The van der Waals surface area contributed by atoms with Crippen molar-refractivity contribution < 1.29 is 9.53 Å². The first-order valence-corrected chi connectivity index (χ1v) is 6.89. The average molecular weight is 246 g/mol. The minimum absolute atomic E-state index is 0.105. The Morgan fingerprint density at radius 2 is 2.06 bits per heavy atom. The molecule has 1 aromatic rings. The topological polar surface area (TPSA) is 26.3 Å². The molecule has 0 saturated carbocycles. The number of carbonyl (C=O) groups is 1. The monoisotopic (exact) mass is 246 g/mol. The van der Waals surface area contributed by atoms with Crippen LogP contribution in [0.3, 0.4) is 0 Å². The Kier molecular flexibility index (Phi) is 4.54. The first kappa shape index (κ1) is 13.3. The second kappa shape index (κ2) is 6.14. The molecule has 1 aromatic carbocycles. The number of fused-ring (bicyclic) bond motifs is 1. The SMILES string of the molecule is CC(C)CCOCC(=O)c1ccc2c(c1)CCC2. The van der Waals surface area contributed by atoms with Gasteiger partial charge >= 0.3 is 0 Å². The van der Waals surface area contributed by atoms with Crippen molar-refractivity contribution in [1.29, 1.82) is 0 Å². The number of hydrogen-bond acceptors (Lipinski definition) is 2. The molecule has 0 radical (unpaired) electrons. The number of carbonyl (C=O) groups excluding carboxylic acids is 1. The summed E-state index contributed by atoms with van der Waals surface area (Å²) in [6.45, 7) is 5.21. The van der Waals surface area contributed by atoms with Crippen LogP contribution in [0.15, 0.2) is 18.2 Å². The van der Waals surface area contributed by atoms with Crippen LogP contribution in [0.4, 0.5) is 0 Å². The fraction of sp³-hybridized carbons (Fsp3) is 0.562. The van der Waals surface area contributed by atoms with E-state index in [1.807, 2.05) is 6.07 Å². The first-order chi connectivity index (χ1) is 8.66. The predicted octanol–water partition coefficient (Wildman–Crippen LogP) is 3.42. The first-order valence-electron chi connectivity index (χ1n) is 6.89. The molecule has 0 unspecified atom stereocenters. The van der Waals surface area contributed by atoms with Gasteiger partial charge in [0.05, 0.1) is 0 Å². The summed E-state index contributed by atoms with van der Waals surface area (Å²) in [5, 5.41) is 0. The van der Waals surface area contributed by atoms with E-state index in [-0.39, 0.29) is 12.4 Å². The summed E-state index contributed by atoms with van der Waals surface area (Å²) >= 11 is 0. The summed E-state index contributed by atoms with van der Waals surface area (Å²) in [6.07, 6.45) is 4.51. The third kappa shape index (κ3) is 3.42. The van der Waals surface area contributed by atoms with E-state index >= 15 is 0 Å². The van der Waals surface area contributed by atoms with Gasteiger partial charge in [-0.15, -0.1) is 0 Å². The van der Waals surface area contributed by atoms with Gasteiger partial charge in [0.1, 0.15) is 6.61 Å². The van der Waals surface area contributed by atoms with Gasteiger partial charge in [0, 0.05) is 12.2 Å². The van der Waals surface area contributed by atoms with Crippen molar-refractivity contribution in [2.75, 3.05) is 13.2 Å². The van der Waals surface area contributed by atoms with Crippen LogP contribution in [-0.4, -0.2) is 19.0 Å². The molecular weight excluding hydrogens is 224 g/mol. The summed E-state index contributed by atoms with van der Waals surface area (Å²) in [5.41, 5.74) is 3.57. The fourth-order valence-electron chi connectivity index (χ4n) is 2.31. The molecule has 98 valence electrons. The van der Waals surface area contributed by atoms with E-state index in [0.29, 0.717) is 12.5 Å². The third-order valence-electron chi connectivity index (χ3n) is 3.49. The van der Waals surface area contributed by atoms with Gasteiger partial charge < -0.3 is 4.74 Å². The molecule has 2 rings (SSSR count). The Morgan fingerprint density at radius 3 is 2.83 bits per heavy atom. The van der Waals surface area contributed by atoms with Crippen LogP contribution in [0, 0.1) is 5.92 Å². The molecule has 2 nitrogen and oxygen atoms in total. The average Bonchev–Trinajstić information content (AvgIpc) is 2.81. The predicted molar refractivity (Wildman–Crippen MR) is 73.1 cm³/mol. The van der Waals surface area contributed by atoms with Gasteiger partial charge in [-0.3, -0.25) is 4.79 Å². The molecule has 1 aliphatic rings. The van der Waals surface area contributed by atoms with E-state index in [1.54, 1.807) is 0 Å². The van der Waals surface area contributed by atoms with Crippen LogP contribution in [0.25, 0.3) is 0 Å². The highest BCUT2D eigenvalue weighted by Crippen LogP contribution is 2.23. The van der Waals surface area contributed by atoms with E-state index in [1.165, 1.54) is 17.5 Å². The molecular formula is C16H22O2. The van der Waals surface area contributed by atoms with Gasteiger partial charge in [0.15, 0.2) is 5.78 Å². The van der Waals surface area contributed by atoms with Crippen molar-refractivity contribution in [3.05, 3.63) is 34.9 Å². The van der Waals surface area contributed by atoms with Crippen LogP contribution in [0.2, 0.25) is 0 Å². The highest BCUT2D eigenvalue weighted by atomic mass is 16.5.